The van der Waals surface area contributed by atoms with Crippen LogP contribution in [-0.4, -0.2) is 23.2 Å². The summed E-state index contributed by atoms with van der Waals surface area (Å²) >= 11 is 0. The van der Waals surface area contributed by atoms with Crippen molar-refractivity contribution in [3.8, 4) is 17.1 Å². The van der Waals surface area contributed by atoms with Crippen LogP contribution < -0.4 is 9.64 Å². The van der Waals surface area contributed by atoms with Crippen LogP contribution in [0.25, 0.3) is 11.3 Å². The fourth-order valence-corrected chi connectivity index (χ4v) is 2.94. The van der Waals surface area contributed by atoms with Gasteiger partial charge in [0, 0.05) is 17.8 Å². The van der Waals surface area contributed by atoms with E-state index in [1.54, 1.807) is 30.3 Å². The SMILES string of the molecule is COc1ccc(-c2cc(C(=O)N(Cc3ccccc3)c3ccccn3)no2)cc1. The third-order valence-electron chi connectivity index (χ3n) is 4.46. The number of ether oxygens (including phenoxy) is 1. The lowest BCUT2D eigenvalue weighted by Crippen LogP contribution is -2.31. The van der Waals surface area contributed by atoms with Gasteiger partial charge >= 0.3 is 0 Å². The lowest BCUT2D eigenvalue weighted by atomic mass is 10.1. The van der Waals surface area contributed by atoms with Gasteiger partial charge in [0.1, 0.15) is 11.6 Å². The van der Waals surface area contributed by atoms with Crippen molar-refractivity contribution < 1.29 is 14.1 Å². The van der Waals surface area contributed by atoms with Crippen LogP contribution in [0.2, 0.25) is 0 Å². The number of nitrogens with zero attached hydrogens (tertiary/aromatic N) is 3. The normalized spacial score (nSPS) is 10.5. The fourth-order valence-electron chi connectivity index (χ4n) is 2.94. The van der Waals surface area contributed by atoms with Crippen molar-refractivity contribution in [3.63, 3.8) is 0 Å². The summed E-state index contributed by atoms with van der Waals surface area (Å²) in [6.45, 7) is 0.376. The summed E-state index contributed by atoms with van der Waals surface area (Å²) in [5, 5.41) is 4.00. The zero-order valence-corrected chi connectivity index (χ0v) is 15.9. The van der Waals surface area contributed by atoms with Crippen LogP contribution in [0, 0.1) is 0 Å². The molecule has 0 radical (unpaired) electrons. The summed E-state index contributed by atoms with van der Waals surface area (Å²) in [6, 6.07) is 24.2. The number of carbonyl (C=O) groups excluding carboxylic acids is 1. The van der Waals surface area contributed by atoms with E-state index in [1.807, 2.05) is 66.7 Å². The van der Waals surface area contributed by atoms with Crippen LogP contribution in [0.3, 0.4) is 0 Å². The van der Waals surface area contributed by atoms with E-state index in [4.69, 9.17) is 9.26 Å². The lowest BCUT2D eigenvalue weighted by molar-refractivity contribution is 0.0975. The Morgan fingerprint density at radius 3 is 2.45 bits per heavy atom. The van der Waals surface area contributed by atoms with E-state index in [-0.39, 0.29) is 11.6 Å². The quantitative estimate of drug-likeness (QED) is 0.485. The molecule has 0 fully saturated rings. The van der Waals surface area contributed by atoms with E-state index in [1.165, 1.54) is 0 Å². The second kappa shape index (κ2) is 8.39. The number of anilines is 1. The average Bonchev–Trinajstić information content (AvgIpc) is 3.29. The number of pyridine rings is 1. The lowest BCUT2D eigenvalue weighted by Gasteiger charge is -2.20. The Bertz CT molecular complexity index is 1080. The van der Waals surface area contributed by atoms with Crippen molar-refractivity contribution in [2.75, 3.05) is 12.0 Å². The summed E-state index contributed by atoms with van der Waals surface area (Å²) in [4.78, 5) is 19.2. The first-order valence-electron chi connectivity index (χ1n) is 9.12. The Balaban J connectivity index is 1.63. The standard InChI is InChI=1S/C23H19N3O3/c1-28-19-12-10-18(11-13-19)21-15-20(25-29-21)23(27)26(22-9-5-6-14-24-22)16-17-7-3-2-4-8-17/h2-15H,16H2,1H3. The maximum atomic E-state index is 13.2. The topological polar surface area (TPSA) is 68.5 Å². The molecule has 1 amide bonds. The molecule has 0 aliphatic rings. The fraction of sp³-hybridized carbons (Fsp3) is 0.0870. The predicted molar refractivity (Wildman–Crippen MR) is 110 cm³/mol. The molecule has 2 heterocycles. The minimum absolute atomic E-state index is 0.220. The van der Waals surface area contributed by atoms with Crippen LogP contribution >= 0.6 is 0 Å². The first-order chi connectivity index (χ1) is 14.2. The molecule has 2 aromatic carbocycles. The second-order valence-corrected chi connectivity index (χ2v) is 6.37. The molecule has 29 heavy (non-hydrogen) atoms. The van der Waals surface area contributed by atoms with Gasteiger partial charge in [0.05, 0.1) is 13.7 Å². The van der Waals surface area contributed by atoms with E-state index >= 15 is 0 Å². The van der Waals surface area contributed by atoms with Gasteiger partial charge in [-0.05, 0) is 42.0 Å². The molecule has 0 aliphatic heterocycles. The van der Waals surface area contributed by atoms with Crippen LogP contribution in [-0.2, 0) is 6.54 Å². The first-order valence-corrected chi connectivity index (χ1v) is 9.12. The largest absolute Gasteiger partial charge is 0.497 e. The molecule has 4 aromatic rings. The van der Waals surface area contributed by atoms with Crippen molar-refractivity contribution in [1.82, 2.24) is 10.1 Å². The van der Waals surface area contributed by atoms with E-state index in [0.717, 1.165) is 16.9 Å². The summed E-state index contributed by atoms with van der Waals surface area (Å²) in [7, 11) is 1.61. The highest BCUT2D eigenvalue weighted by molar-refractivity contribution is 6.04. The van der Waals surface area contributed by atoms with Crippen molar-refractivity contribution in [1.29, 1.82) is 0 Å². The van der Waals surface area contributed by atoms with E-state index < -0.39 is 0 Å². The molecule has 144 valence electrons. The molecular formula is C23H19N3O3. The Hall–Kier alpha value is -3.93. The highest BCUT2D eigenvalue weighted by Gasteiger charge is 2.23. The average molecular weight is 385 g/mol. The number of aromatic nitrogens is 2. The van der Waals surface area contributed by atoms with Gasteiger partial charge in [-0.25, -0.2) is 4.98 Å². The van der Waals surface area contributed by atoms with Gasteiger partial charge in [0.15, 0.2) is 11.5 Å². The second-order valence-electron chi connectivity index (χ2n) is 6.37. The molecule has 2 aromatic heterocycles. The van der Waals surface area contributed by atoms with Gasteiger partial charge in [-0.3, -0.25) is 9.69 Å². The van der Waals surface area contributed by atoms with Crippen LogP contribution in [0.15, 0.2) is 89.6 Å². The predicted octanol–water partition coefficient (Wildman–Crippen LogP) is 4.59. The number of methoxy groups -OCH3 is 1. The Morgan fingerprint density at radius 2 is 1.76 bits per heavy atom. The highest BCUT2D eigenvalue weighted by atomic mass is 16.5. The Labute approximate surface area is 168 Å². The third-order valence-corrected chi connectivity index (χ3v) is 4.46. The molecule has 0 N–H and O–H groups in total. The van der Waals surface area contributed by atoms with Crippen LogP contribution in [0.5, 0.6) is 5.75 Å². The summed E-state index contributed by atoms with van der Waals surface area (Å²) < 4.78 is 10.6. The summed E-state index contributed by atoms with van der Waals surface area (Å²) in [5.74, 6) is 1.52. The number of rotatable bonds is 6. The van der Waals surface area contributed by atoms with E-state index in [2.05, 4.69) is 10.1 Å². The van der Waals surface area contributed by atoms with Gasteiger partial charge in [-0.15, -0.1) is 0 Å². The molecule has 0 bridgehead atoms. The number of benzene rings is 2. The first kappa shape index (κ1) is 18.4. The summed E-state index contributed by atoms with van der Waals surface area (Å²) in [6.07, 6.45) is 1.66. The number of hydrogen-bond acceptors (Lipinski definition) is 5. The number of hydrogen-bond donors (Lipinski definition) is 0. The summed E-state index contributed by atoms with van der Waals surface area (Å²) in [5.41, 5.74) is 2.02. The highest BCUT2D eigenvalue weighted by Crippen LogP contribution is 2.25. The van der Waals surface area contributed by atoms with Gasteiger partial charge < -0.3 is 9.26 Å². The minimum Gasteiger partial charge on any atom is -0.497 e. The van der Waals surface area contributed by atoms with Crippen molar-refractivity contribution in [2.45, 2.75) is 6.54 Å². The Morgan fingerprint density at radius 1 is 1.00 bits per heavy atom. The third kappa shape index (κ3) is 4.16. The van der Waals surface area contributed by atoms with Gasteiger partial charge in [0.2, 0.25) is 0 Å². The van der Waals surface area contributed by atoms with Crippen LogP contribution in [0.4, 0.5) is 5.82 Å². The smallest absolute Gasteiger partial charge is 0.281 e. The number of amides is 1. The molecule has 0 saturated carbocycles. The molecule has 0 aliphatic carbocycles. The number of carbonyl (C=O) groups is 1. The Kier molecular flexibility index (Phi) is 5.33. The van der Waals surface area contributed by atoms with Crippen LogP contribution in [0.1, 0.15) is 16.1 Å². The molecule has 6 heteroatoms. The zero-order chi connectivity index (χ0) is 20.1. The molecule has 0 atom stereocenters. The molecule has 0 saturated heterocycles. The maximum Gasteiger partial charge on any atom is 0.281 e. The molecular weight excluding hydrogens is 366 g/mol. The van der Waals surface area contributed by atoms with Crippen molar-refractivity contribution in [3.05, 3.63) is 96.3 Å². The molecule has 6 nitrogen and oxygen atoms in total. The molecule has 4 rings (SSSR count). The van der Waals surface area contributed by atoms with E-state index in [9.17, 15) is 4.79 Å². The maximum absolute atomic E-state index is 13.2. The molecule has 0 unspecified atom stereocenters. The molecule has 0 spiro atoms. The minimum atomic E-state index is -0.281. The van der Waals surface area contributed by atoms with Gasteiger partial charge in [-0.1, -0.05) is 41.6 Å². The zero-order valence-electron chi connectivity index (χ0n) is 15.9. The van der Waals surface area contributed by atoms with E-state index in [0.29, 0.717) is 18.1 Å². The van der Waals surface area contributed by atoms with Crippen molar-refractivity contribution >= 4 is 11.7 Å². The van der Waals surface area contributed by atoms with Gasteiger partial charge in [-0.2, -0.15) is 0 Å². The van der Waals surface area contributed by atoms with Crippen molar-refractivity contribution in [2.24, 2.45) is 0 Å². The van der Waals surface area contributed by atoms with Gasteiger partial charge in [0.25, 0.3) is 5.91 Å². The monoisotopic (exact) mass is 385 g/mol.